The zero-order valence-corrected chi connectivity index (χ0v) is 12.2. The van der Waals surface area contributed by atoms with E-state index in [-0.39, 0.29) is 0 Å². The molecule has 1 saturated carbocycles. The van der Waals surface area contributed by atoms with Crippen LogP contribution in [-0.4, -0.2) is 24.6 Å². The van der Waals surface area contributed by atoms with Gasteiger partial charge in [-0.05, 0) is 55.8 Å². The van der Waals surface area contributed by atoms with Gasteiger partial charge in [-0.25, -0.2) is 4.98 Å². The Labute approximate surface area is 116 Å². The average molecular weight is 259 g/mol. The van der Waals surface area contributed by atoms with E-state index in [1.165, 1.54) is 43.7 Å². The van der Waals surface area contributed by atoms with E-state index in [2.05, 4.69) is 36.2 Å². The van der Waals surface area contributed by atoms with Crippen LogP contribution in [-0.2, 0) is 6.54 Å². The summed E-state index contributed by atoms with van der Waals surface area (Å²) in [5.74, 6) is 3.06. The molecule has 3 nitrogen and oxygen atoms in total. The predicted octanol–water partition coefficient (Wildman–Crippen LogP) is 2.74. The molecule has 3 rings (SSSR count). The fraction of sp³-hybridized carbons (Fsp3) is 0.688. The third kappa shape index (κ3) is 2.76. The van der Waals surface area contributed by atoms with Crippen LogP contribution in [0.25, 0.3) is 0 Å². The van der Waals surface area contributed by atoms with Crippen molar-refractivity contribution in [3.63, 3.8) is 0 Å². The number of aryl methyl sites for hydroxylation is 1. The van der Waals surface area contributed by atoms with Gasteiger partial charge in [0.25, 0.3) is 0 Å². The Bertz CT molecular complexity index is 432. The van der Waals surface area contributed by atoms with Crippen molar-refractivity contribution in [1.82, 2.24) is 10.3 Å². The number of pyridine rings is 1. The maximum atomic E-state index is 4.75. The van der Waals surface area contributed by atoms with Crippen LogP contribution in [0.1, 0.15) is 37.4 Å². The van der Waals surface area contributed by atoms with Gasteiger partial charge in [-0.2, -0.15) is 0 Å². The van der Waals surface area contributed by atoms with Crippen LogP contribution < -0.4 is 10.2 Å². The van der Waals surface area contributed by atoms with Gasteiger partial charge in [0.2, 0.25) is 0 Å². The molecule has 1 saturated heterocycles. The van der Waals surface area contributed by atoms with Gasteiger partial charge in [0, 0.05) is 25.3 Å². The van der Waals surface area contributed by atoms with Gasteiger partial charge in [0.1, 0.15) is 5.82 Å². The van der Waals surface area contributed by atoms with Crippen LogP contribution in [0.4, 0.5) is 5.82 Å². The van der Waals surface area contributed by atoms with E-state index in [0.717, 1.165) is 30.6 Å². The third-order valence-corrected chi connectivity index (χ3v) is 4.63. The lowest BCUT2D eigenvalue weighted by Crippen LogP contribution is -2.22. The molecule has 1 N–H and O–H groups in total. The van der Waals surface area contributed by atoms with Gasteiger partial charge >= 0.3 is 0 Å². The van der Waals surface area contributed by atoms with Crippen LogP contribution in [0.2, 0.25) is 0 Å². The number of fused-ring (bicyclic) bond motifs is 1. The van der Waals surface area contributed by atoms with Crippen LogP contribution >= 0.6 is 0 Å². The SMILES string of the molecule is CCNCc1cc(C)nc(N2CC3CCCC3C2)c1. The van der Waals surface area contributed by atoms with Gasteiger partial charge in [-0.15, -0.1) is 0 Å². The van der Waals surface area contributed by atoms with Crippen molar-refractivity contribution in [2.45, 2.75) is 39.7 Å². The molecule has 1 aromatic heterocycles. The Morgan fingerprint density at radius 3 is 2.68 bits per heavy atom. The summed E-state index contributed by atoms with van der Waals surface area (Å²) < 4.78 is 0. The lowest BCUT2D eigenvalue weighted by Gasteiger charge is -2.20. The Morgan fingerprint density at radius 1 is 1.26 bits per heavy atom. The number of anilines is 1. The minimum Gasteiger partial charge on any atom is -0.356 e. The van der Waals surface area contributed by atoms with Crippen LogP contribution in [0.3, 0.4) is 0 Å². The molecule has 0 aromatic carbocycles. The van der Waals surface area contributed by atoms with Crippen molar-refractivity contribution < 1.29 is 0 Å². The highest BCUT2D eigenvalue weighted by molar-refractivity contribution is 5.44. The predicted molar refractivity (Wildman–Crippen MR) is 79.4 cm³/mol. The molecule has 1 aromatic rings. The summed E-state index contributed by atoms with van der Waals surface area (Å²) >= 11 is 0. The quantitative estimate of drug-likeness (QED) is 0.901. The summed E-state index contributed by atoms with van der Waals surface area (Å²) in [7, 11) is 0. The summed E-state index contributed by atoms with van der Waals surface area (Å²) in [5, 5.41) is 3.40. The van der Waals surface area contributed by atoms with E-state index in [1.807, 2.05) is 0 Å². The smallest absolute Gasteiger partial charge is 0.129 e. The van der Waals surface area contributed by atoms with E-state index in [9.17, 15) is 0 Å². The summed E-state index contributed by atoms with van der Waals surface area (Å²) in [4.78, 5) is 7.26. The van der Waals surface area contributed by atoms with E-state index >= 15 is 0 Å². The molecule has 2 unspecified atom stereocenters. The average Bonchev–Trinajstić information content (AvgIpc) is 2.96. The number of nitrogens with zero attached hydrogens (tertiary/aromatic N) is 2. The van der Waals surface area contributed by atoms with Gasteiger partial charge < -0.3 is 10.2 Å². The maximum absolute atomic E-state index is 4.75. The minimum atomic E-state index is 0.930. The number of rotatable bonds is 4. The van der Waals surface area contributed by atoms with E-state index in [1.54, 1.807) is 0 Å². The largest absolute Gasteiger partial charge is 0.356 e. The van der Waals surface area contributed by atoms with E-state index in [0.29, 0.717) is 0 Å². The van der Waals surface area contributed by atoms with Crippen LogP contribution in [0.15, 0.2) is 12.1 Å². The molecule has 104 valence electrons. The molecule has 0 spiro atoms. The fourth-order valence-corrected chi connectivity index (χ4v) is 3.68. The Hall–Kier alpha value is -1.09. The number of nitrogens with one attached hydrogen (secondary N) is 1. The van der Waals surface area contributed by atoms with Crippen molar-refractivity contribution in [2.24, 2.45) is 11.8 Å². The number of hydrogen-bond acceptors (Lipinski definition) is 3. The Morgan fingerprint density at radius 2 is 2.00 bits per heavy atom. The molecule has 2 heterocycles. The first-order valence-corrected chi connectivity index (χ1v) is 7.69. The van der Waals surface area contributed by atoms with Crippen LogP contribution in [0.5, 0.6) is 0 Å². The molecule has 2 aliphatic rings. The number of aromatic nitrogens is 1. The molecule has 3 heteroatoms. The molecule has 0 amide bonds. The molecule has 1 aliphatic carbocycles. The molecular formula is C16H25N3. The third-order valence-electron chi connectivity index (χ3n) is 4.63. The fourth-order valence-electron chi connectivity index (χ4n) is 3.68. The van der Waals surface area contributed by atoms with Gasteiger partial charge in [-0.1, -0.05) is 13.3 Å². The summed E-state index contributed by atoms with van der Waals surface area (Å²) in [6.07, 6.45) is 4.30. The maximum Gasteiger partial charge on any atom is 0.129 e. The lowest BCUT2D eigenvalue weighted by atomic mass is 10.0. The minimum absolute atomic E-state index is 0.930. The first kappa shape index (κ1) is 12.9. The topological polar surface area (TPSA) is 28.2 Å². The second-order valence-corrected chi connectivity index (χ2v) is 6.11. The first-order chi connectivity index (χ1) is 9.26. The van der Waals surface area contributed by atoms with Gasteiger partial charge in [-0.3, -0.25) is 0 Å². The second kappa shape index (κ2) is 5.49. The summed E-state index contributed by atoms with van der Waals surface area (Å²) in [5.41, 5.74) is 2.50. The molecule has 2 atom stereocenters. The van der Waals surface area contributed by atoms with E-state index in [4.69, 9.17) is 4.98 Å². The highest BCUT2D eigenvalue weighted by Gasteiger charge is 2.36. The molecular weight excluding hydrogens is 234 g/mol. The lowest BCUT2D eigenvalue weighted by molar-refractivity contribution is 0.494. The summed E-state index contributed by atoms with van der Waals surface area (Å²) in [6, 6.07) is 4.47. The monoisotopic (exact) mass is 259 g/mol. The zero-order chi connectivity index (χ0) is 13.2. The molecule has 19 heavy (non-hydrogen) atoms. The van der Waals surface area contributed by atoms with E-state index < -0.39 is 0 Å². The van der Waals surface area contributed by atoms with Crippen molar-refractivity contribution in [3.8, 4) is 0 Å². The van der Waals surface area contributed by atoms with Crippen LogP contribution in [0, 0.1) is 18.8 Å². The Kier molecular flexibility index (Phi) is 3.74. The highest BCUT2D eigenvalue weighted by atomic mass is 15.2. The zero-order valence-electron chi connectivity index (χ0n) is 12.2. The second-order valence-electron chi connectivity index (χ2n) is 6.11. The number of hydrogen-bond donors (Lipinski definition) is 1. The van der Waals surface area contributed by atoms with Gasteiger partial charge in [0.15, 0.2) is 0 Å². The van der Waals surface area contributed by atoms with Crippen molar-refractivity contribution in [2.75, 3.05) is 24.5 Å². The molecule has 1 aliphatic heterocycles. The Balaban J connectivity index is 1.75. The highest BCUT2D eigenvalue weighted by Crippen LogP contribution is 2.39. The van der Waals surface area contributed by atoms with Crippen molar-refractivity contribution in [3.05, 3.63) is 23.4 Å². The normalized spacial score (nSPS) is 25.9. The van der Waals surface area contributed by atoms with Gasteiger partial charge in [0.05, 0.1) is 0 Å². The first-order valence-electron chi connectivity index (χ1n) is 7.69. The van der Waals surface area contributed by atoms with Crippen molar-refractivity contribution in [1.29, 1.82) is 0 Å². The molecule has 0 radical (unpaired) electrons. The molecule has 0 bridgehead atoms. The molecule has 2 fully saturated rings. The summed E-state index contributed by atoms with van der Waals surface area (Å²) in [6.45, 7) is 8.67. The standard InChI is InChI=1S/C16H25N3/c1-3-17-9-13-7-12(2)18-16(8-13)19-10-14-5-4-6-15(14)11-19/h7-8,14-15,17H,3-6,9-11H2,1-2H3. The van der Waals surface area contributed by atoms with Crippen molar-refractivity contribution >= 4 is 5.82 Å².